The predicted molar refractivity (Wildman–Crippen MR) is 36.1 cm³/mol. The molecule has 0 radical (unpaired) electrons. The van der Waals surface area contributed by atoms with Crippen molar-refractivity contribution in [3.05, 3.63) is 24.3 Å². The van der Waals surface area contributed by atoms with E-state index in [0.717, 1.165) is 6.61 Å². The van der Waals surface area contributed by atoms with Gasteiger partial charge in [0, 0.05) is 0 Å². The molecule has 0 spiro atoms. The summed E-state index contributed by atoms with van der Waals surface area (Å²) in [6.45, 7) is 0.984. The zero-order chi connectivity index (χ0) is 6.10. The van der Waals surface area contributed by atoms with Gasteiger partial charge in [0.2, 0.25) is 0 Å². The minimum absolute atomic E-state index is 0.572. The fourth-order valence-corrected chi connectivity index (χ4v) is 1.14. The van der Waals surface area contributed by atoms with Gasteiger partial charge in [0.25, 0.3) is 0 Å². The molecule has 0 aromatic heterocycles. The Morgan fingerprint density at radius 1 is 1.33 bits per heavy atom. The van der Waals surface area contributed by atoms with Gasteiger partial charge in [-0.2, -0.15) is 0 Å². The van der Waals surface area contributed by atoms with Crippen molar-refractivity contribution in [2.45, 2.75) is 12.5 Å². The Morgan fingerprint density at radius 2 is 2.00 bits per heavy atom. The molecule has 48 valence electrons. The molecule has 1 nitrogen and oxygen atoms in total. The van der Waals surface area contributed by atoms with Gasteiger partial charge in [0.15, 0.2) is 0 Å². The van der Waals surface area contributed by atoms with Crippen LogP contribution in [0.5, 0.6) is 0 Å². The summed E-state index contributed by atoms with van der Waals surface area (Å²) >= 11 is 0. The molecule has 9 heavy (non-hydrogen) atoms. The summed E-state index contributed by atoms with van der Waals surface area (Å²) in [6.07, 6.45) is 10.4. The first-order valence-electron chi connectivity index (χ1n) is 3.42. The maximum absolute atomic E-state index is 5.10. The van der Waals surface area contributed by atoms with Crippen LogP contribution in [0.1, 0.15) is 6.42 Å². The number of ether oxygens (including phenoxy) is 1. The van der Waals surface area contributed by atoms with Gasteiger partial charge in [0.05, 0.1) is 12.7 Å². The van der Waals surface area contributed by atoms with Crippen molar-refractivity contribution in [3.8, 4) is 0 Å². The topological polar surface area (TPSA) is 12.5 Å². The molecule has 1 heterocycles. The first-order chi connectivity index (χ1) is 4.45. The number of allylic oxidation sites excluding steroid dienone is 4. The van der Waals surface area contributed by atoms with Gasteiger partial charge in [-0.3, -0.25) is 0 Å². The lowest BCUT2D eigenvalue weighted by atomic mass is 10.1. The Labute approximate surface area is 55.0 Å². The lowest BCUT2D eigenvalue weighted by Gasteiger charge is -1.98. The third-order valence-electron chi connectivity index (χ3n) is 1.77. The molecule has 0 saturated carbocycles. The highest BCUT2D eigenvalue weighted by molar-refractivity contribution is 5.17. The molecule has 0 bridgehead atoms. The van der Waals surface area contributed by atoms with Gasteiger partial charge < -0.3 is 4.74 Å². The summed E-state index contributed by atoms with van der Waals surface area (Å²) in [5, 5.41) is 0. The molecule has 2 aliphatic rings. The van der Waals surface area contributed by atoms with Gasteiger partial charge in [-0.1, -0.05) is 24.3 Å². The predicted octanol–water partition coefficient (Wildman–Crippen LogP) is 1.52. The SMILES string of the molecule is C1=CC(CC2CO2)C=C1. The average Bonchev–Trinajstić information content (AvgIpc) is 2.46. The van der Waals surface area contributed by atoms with Crippen LogP contribution in [0, 0.1) is 5.92 Å². The van der Waals surface area contributed by atoms with Gasteiger partial charge in [-0.15, -0.1) is 0 Å². The zero-order valence-electron chi connectivity index (χ0n) is 5.29. The van der Waals surface area contributed by atoms with E-state index in [9.17, 15) is 0 Å². The summed E-state index contributed by atoms with van der Waals surface area (Å²) in [7, 11) is 0. The molecule has 0 aromatic rings. The average molecular weight is 122 g/mol. The highest BCUT2D eigenvalue weighted by Crippen LogP contribution is 2.23. The molecule has 1 fully saturated rings. The second kappa shape index (κ2) is 1.99. The molecule has 0 aromatic carbocycles. The highest BCUT2D eigenvalue weighted by Gasteiger charge is 2.24. The molecule has 1 aliphatic heterocycles. The Balaban J connectivity index is 1.84. The molecule has 1 atom stereocenters. The van der Waals surface area contributed by atoms with E-state index in [-0.39, 0.29) is 0 Å². The monoisotopic (exact) mass is 122 g/mol. The maximum atomic E-state index is 5.10. The van der Waals surface area contributed by atoms with Crippen LogP contribution >= 0.6 is 0 Å². The van der Waals surface area contributed by atoms with E-state index < -0.39 is 0 Å². The minimum atomic E-state index is 0.572. The Morgan fingerprint density at radius 3 is 2.56 bits per heavy atom. The van der Waals surface area contributed by atoms with E-state index in [1.54, 1.807) is 0 Å². The summed E-state index contributed by atoms with van der Waals surface area (Å²) < 4.78 is 5.10. The van der Waals surface area contributed by atoms with Crippen LogP contribution in [0.2, 0.25) is 0 Å². The molecule has 0 N–H and O–H groups in total. The maximum Gasteiger partial charge on any atom is 0.0818 e. The van der Waals surface area contributed by atoms with Crippen molar-refractivity contribution in [3.63, 3.8) is 0 Å². The normalized spacial score (nSPS) is 31.8. The Bertz CT molecular complexity index is 142. The molecule has 1 saturated heterocycles. The van der Waals surface area contributed by atoms with Gasteiger partial charge >= 0.3 is 0 Å². The second-order valence-corrected chi connectivity index (χ2v) is 2.62. The standard InChI is InChI=1S/C8H10O/c1-2-4-7(3-1)5-8-6-9-8/h1-4,7-8H,5-6H2. The third kappa shape index (κ3) is 1.22. The van der Waals surface area contributed by atoms with Gasteiger partial charge in [-0.05, 0) is 12.3 Å². The van der Waals surface area contributed by atoms with E-state index in [1.807, 2.05) is 0 Å². The van der Waals surface area contributed by atoms with Crippen molar-refractivity contribution < 1.29 is 4.74 Å². The van der Waals surface area contributed by atoms with E-state index >= 15 is 0 Å². The van der Waals surface area contributed by atoms with Crippen LogP contribution in [0.25, 0.3) is 0 Å². The van der Waals surface area contributed by atoms with Crippen LogP contribution in [-0.4, -0.2) is 12.7 Å². The lowest BCUT2D eigenvalue weighted by Crippen LogP contribution is -1.94. The molecular formula is C8H10O. The molecule has 1 unspecified atom stereocenters. The van der Waals surface area contributed by atoms with Crippen molar-refractivity contribution >= 4 is 0 Å². The molecule has 2 rings (SSSR count). The van der Waals surface area contributed by atoms with E-state index in [2.05, 4.69) is 24.3 Å². The number of epoxide rings is 1. The van der Waals surface area contributed by atoms with Crippen molar-refractivity contribution in [1.82, 2.24) is 0 Å². The minimum Gasteiger partial charge on any atom is -0.373 e. The van der Waals surface area contributed by atoms with Gasteiger partial charge in [-0.25, -0.2) is 0 Å². The number of hydrogen-bond acceptors (Lipinski definition) is 1. The van der Waals surface area contributed by atoms with E-state index in [0.29, 0.717) is 12.0 Å². The van der Waals surface area contributed by atoms with Crippen LogP contribution in [0.15, 0.2) is 24.3 Å². The van der Waals surface area contributed by atoms with E-state index in [4.69, 9.17) is 4.74 Å². The smallest absolute Gasteiger partial charge is 0.0818 e. The van der Waals surface area contributed by atoms with Crippen LogP contribution in [0.3, 0.4) is 0 Å². The highest BCUT2D eigenvalue weighted by atomic mass is 16.6. The number of rotatable bonds is 2. The molecule has 0 amide bonds. The third-order valence-corrected chi connectivity index (χ3v) is 1.77. The molecule has 1 heteroatoms. The molecular weight excluding hydrogens is 112 g/mol. The first-order valence-corrected chi connectivity index (χ1v) is 3.42. The summed E-state index contributed by atoms with van der Waals surface area (Å²) in [5.74, 6) is 0.664. The second-order valence-electron chi connectivity index (χ2n) is 2.62. The van der Waals surface area contributed by atoms with Crippen LogP contribution < -0.4 is 0 Å². The van der Waals surface area contributed by atoms with Crippen molar-refractivity contribution in [2.75, 3.05) is 6.61 Å². The van der Waals surface area contributed by atoms with Crippen molar-refractivity contribution in [2.24, 2.45) is 5.92 Å². The van der Waals surface area contributed by atoms with Crippen LogP contribution in [-0.2, 0) is 4.74 Å². The summed E-state index contributed by atoms with van der Waals surface area (Å²) in [5.41, 5.74) is 0. The number of hydrogen-bond donors (Lipinski definition) is 0. The Kier molecular flexibility index (Phi) is 1.16. The summed E-state index contributed by atoms with van der Waals surface area (Å²) in [4.78, 5) is 0. The van der Waals surface area contributed by atoms with E-state index in [1.165, 1.54) is 6.42 Å². The fourth-order valence-electron chi connectivity index (χ4n) is 1.14. The largest absolute Gasteiger partial charge is 0.373 e. The zero-order valence-corrected chi connectivity index (χ0v) is 5.29. The molecule has 1 aliphatic carbocycles. The Hall–Kier alpha value is -0.560. The quantitative estimate of drug-likeness (QED) is 0.506. The lowest BCUT2D eigenvalue weighted by molar-refractivity contribution is 0.386. The fraction of sp³-hybridized carbons (Fsp3) is 0.500. The van der Waals surface area contributed by atoms with Gasteiger partial charge in [0.1, 0.15) is 0 Å². The van der Waals surface area contributed by atoms with Crippen LogP contribution in [0.4, 0.5) is 0 Å². The summed E-state index contributed by atoms with van der Waals surface area (Å²) in [6, 6.07) is 0. The first kappa shape index (κ1) is 5.24. The van der Waals surface area contributed by atoms with Crippen molar-refractivity contribution in [1.29, 1.82) is 0 Å².